The van der Waals surface area contributed by atoms with Gasteiger partial charge in [-0.1, -0.05) is 56.1 Å². The number of amides is 2. The van der Waals surface area contributed by atoms with Crippen molar-refractivity contribution in [3.8, 4) is 0 Å². The summed E-state index contributed by atoms with van der Waals surface area (Å²) >= 11 is 12.2. The van der Waals surface area contributed by atoms with Crippen LogP contribution in [0.4, 0.5) is 14.5 Å². The van der Waals surface area contributed by atoms with Gasteiger partial charge in [0.2, 0.25) is 11.8 Å². The molecule has 192 valence electrons. The summed E-state index contributed by atoms with van der Waals surface area (Å²) in [6, 6.07) is 5.70. The van der Waals surface area contributed by atoms with Gasteiger partial charge in [0, 0.05) is 23.7 Å². The van der Waals surface area contributed by atoms with Gasteiger partial charge in [0.1, 0.15) is 17.0 Å². The number of rotatable bonds is 4. The summed E-state index contributed by atoms with van der Waals surface area (Å²) in [5.41, 5.74) is -0.881. The van der Waals surface area contributed by atoms with Crippen molar-refractivity contribution in [2.24, 2.45) is 5.41 Å². The zero-order valence-corrected chi connectivity index (χ0v) is 21.9. The van der Waals surface area contributed by atoms with Gasteiger partial charge in [0.25, 0.3) is 0 Å². The van der Waals surface area contributed by atoms with Crippen LogP contribution >= 0.6 is 23.2 Å². The molecule has 2 fully saturated rings. The summed E-state index contributed by atoms with van der Waals surface area (Å²) in [4.78, 5) is 27.7. The fourth-order valence-electron chi connectivity index (χ4n) is 6.01. The molecule has 5 rings (SSSR count). The number of nitrogens with one attached hydrogen (secondary N) is 3. The molecule has 1 spiro atoms. The molecule has 2 aromatic carbocycles. The molecule has 1 aliphatic carbocycles. The first-order valence-corrected chi connectivity index (χ1v) is 13.0. The molecule has 0 bridgehead atoms. The van der Waals surface area contributed by atoms with E-state index in [0.29, 0.717) is 17.7 Å². The van der Waals surface area contributed by atoms with Gasteiger partial charge in [-0.3, -0.25) is 9.59 Å². The van der Waals surface area contributed by atoms with Gasteiger partial charge >= 0.3 is 0 Å². The first kappa shape index (κ1) is 25.4. The maximum atomic E-state index is 15.7. The lowest BCUT2D eigenvalue weighted by Crippen LogP contribution is -2.50. The van der Waals surface area contributed by atoms with E-state index >= 15 is 4.39 Å². The van der Waals surface area contributed by atoms with Crippen molar-refractivity contribution in [3.63, 3.8) is 0 Å². The molecule has 2 heterocycles. The molecule has 1 saturated heterocycles. The number of benzene rings is 2. The molecule has 5 nitrogen and oxygen atoms in total. The molecule has 36 heavy (non-hydrogen) atoms. The van der Waals surface area contributed by atoms with E-state index in [1.807, 2.05) is 20.8 Å². The zero-order valence-electron chi connectivity index (χ0n) is 20.4. The quantitative estimate of drug-likeness (QED) is 0.470. The number of anilines is 1. The maximum absolute atomic E-state index is 15.7. The second kappa shape index (κ2) is 8.96. The topological polar surface area (TPSA) is 70.2 Å². The first-order chi connectivity index (χ1) is 16.9. The van der Waals surface area contributed by atoms with E-state index in [0.717, 1.165) is 19.3 Å². The van der Waals surface area contributed by atoms with Gasteiger partial charge < -0.3 is 16.0 Å². The second-order valence-electron chi connectivity index (χ2n) is 11.4. The van der Waals surface area contributed by atoms with Gasteiger partial charge in [0.15, 0.2) is 0 Å². The third-order valence-electron chi connectivity index (χ3n) is 7.75. The van der Waals surface area contributed by atoms with Crippen LogP contribution in [0, 0.1) is 17.0 Å². The SMILES string of the molecule is CC(C)(C)CC1NC(C(=O)NC2CCC2)C(c2cccc(Cl)c2F)C12C(=O)Nc1cc(Cl)c(F)cc12. The predicted octanol–water partition coefficient (Wildman–Crippen LogP) is 5.69. The molecule has 2 aromatic rings. The van der Waals surface area contributed by atoms with Crippen LogP contribution in [0.1, 0.15) is 63.5 Å². The average Bonchev–Trinajstić information content (AvgIpc) is 3.22. The van der Waals surface area contributed by atoms with Crippen LogP contribution in [0.3, 0.4) is 0 Å². The summed E-state index contributed by atoms with van der Waals surface area (Å²) in [6.07, 6.45) is 3.24. The molecule has 0 aromatic heterocycles. The Morgan fingerprint density at radius 1 is 1.17 bits per heavy atom. The van der Waals surface area contributed by atoms with Crippen LogP contribution in [0.5, 0.6) is 0 Å². The number of hydrogen-bond donors (Lipinski definition) is 3. The van der Waals surface area contributed by atoms with Crippen molar-refractivity contribution in [2.75, 3.05) is 5.32 Å². The van der Waals surface area contributed by atoms with E-state index in [-0.39, 0.29) is 33.0 Å². The summed E-state index contributed by atoms with van der Waals surface area (Å²) in [5, 5.41) is 9.07. The third-order valence-corrected chi connectivity index (χ3v) is 8.33. The molecule has 3 N–H and O–H groups in total. The van der Waals surface area contributed by atoms with Crippen molar-refractivity contribution in [3.05, 3.63) is 63.1 Å². The maximum Gasteiger partial charge on any atom is 0.238 e. The Labute approximate surface area is 219 Å². The van der Waals surface area contributed by atoms with Gasteiger partial charge in [-0.15, -0.1) is 0 Å². The Morgan fingerprint density at radius 3 is 2.53 bits per heavy atom. The van der Waals surface area contributed by atoms with Crippen LogP contribution in [0.2, 0.25) is 10.0 Å². The number of carbonyl (C=O) groups is 2. The first-order valence-electron chi connectivity index (χ1n) is 12.2. The van der Waals surface area contributed by atoms with E-state index in [2.05, 4.69) is 16.0 Å². The summed E-state index contributed by atoms with van der Waals surface area (Å²) in [6.45, 7) is 6.07. The molecular formula is C27H29Cl2F2N3O2. The lowest BCUT2D eigenvalue weighted by molar-refractivity contribution is -0.124. The average molecular weight is 536 g/mol. The summed E-state index contributed by atoms with van der Waals surface area (Å²) < 4.78 is 30.6. The molecule has 9 heteroatoms. The number of halogens is 4. The lowest BCUT2D eigenvalue weighted by Gasteiger charge is -2.38. The van der Waals surface area contributed by atoms with Gasteiger partial charge in [-0.25, -0.2) is 8.78 Å². The van der Waals surface area contributed by atoms with Crippen molar-refractivity contribution < 1.29 is 18.4 Å². The monoisotopic (exact) mass is 535 g/mol. The number of carbonyl (C=O) groups excluding carboxylic acids is 2. The van der Waals surface area contributed by atoms with E-state index in [1.165, 1.54) is 18.2 Å². The molecule has 3 aliphatic rings. The minimum Gasteiger partial charge on any atom is -0.352 e. The highest BCUT2D eigenvalue weighted by atomic mass is 35.5. The molecule has 2 aliphatic heterocycles. The van der Waals surface area contributed by atoms with E-state index < -0.39 is 41.0 Å². The molecular weight excluding hydrogens is 507 g/mol. The molecule has 2 amide bonds. The Morgan fingerprint density at radius 2 is 1.89 bits per heavy atom. The highest BCUT2D eigenvalue weighted by molar-refractivity contribution is 6.31. The Hall–Kier alpha value is -2.22. The smallest absolute Gasteiger partial charge is 0.238 e. The highest BCUT2D eigenvalue weighted by Crippen LogP contribution is 2.57. The summed E-state index contributed by atoms with van der Waals surface area (Å²) in [5.74, 6) is -3.10. The van der Waals surface area contributed by atoms with Crippen molar-refractivity contribution >= 4 is 40.7 Å². The van der Waals surface area contributed by atoms with E-state index in [9.17, 15) is 14.0 Å². The molecule has 0 radical (unpaired) electrons. The second-order valence-corrected chi connectivity index (χ2v) is 12.2. The normalized spacial score (nSPS) is 27.6. The minimum atomic E-state index is -1.47. The van der Waals surface area contributed by atoms with Crippen molar-refractivity contribution in [2.45, 2.75) is 75.9 Å². The molecule has 4 unspecified atom stereocenters. The minimum absolute atomic E-state index is 0.0442. The van der Waals surface area contributed by atoms with Crippen LogP contribution in [-0.2, 0) is 15.0 Å². The highest BCUT2D eigenvalue weighted by Gasteiger charge is 2.66. The lowest BCUT2D eigenvalue weighted by atomic mass is 9.62. The fourth-order valence-corrected chi connectivity index (χ4v) is 6.35. The third kappa shape index (κ3) is 4.00. The Kier molecular flexibility index (Phi) is 6.33. The molecule has 4 atom stereocenters. The zero-order chi connectivity index (χ0) is 26.0. The standard InChI is InChI=1S/C27H29Cl2F2N3O2/c1-26(2,3)12-20-27(15-10-18(30)17(29)11-19(15)33-25(27)36)21(14-8-5-9-16(28)22(14)31)23(34-20)24(35)32-13-6-4-7-13/h5,8-11,13,20-21,23,34H,4,6-7,12H2,1-3H3,(H,32,35)(H,33,36). The fraction of sp³-hybridized carbons (Fsp3) is 0.481. The Balaban J connectivity index is 1.76. The predicted molar refractivity (Wildman–Crippen MR) is 136 cm³/mol. The van der Waals surface area contributed by atoms with E-state index in [1.54, 1.807) is 12.1 Å². The Bertz CT molecular complexity index is 1240. The van der Waals surface area contributed by atoms with Crippen molar-refractivity contribution in [1.82, 2.24) is 10.6 Å². The van der Waals surface area contributed by atoms with Crippen LogP contribution < -0.4 is 16.0 Å². The summed E-state index contributed by atoms with van der Waals surface area (Å²) in [7, 11) is 0. The van der Waals surface area contributed by atoms with Gasteiger partial charge in [0.05, 0.1) is 16.1 Å². The molecule has 1 saturated carbocycles. The van der Waals surface area contributed by atoms with Crippen LogP contribution in [0.25, 0.3) is 0 Å². The van der Waals surface area contributed by atoms with Gasteiger partial charge in [-0.05, 0) is 60.4 Å². The van der Waals surface area contributed by atoms with Crippen LogP contribution in [-0.4, -0.2) is 29.9 Å². The van der Waals surface area contributed by atoms with E-state index in [4.69, 9.17) is 23.2 Å². The number of fused-ring (bicyclic) bond motifs is 2. The van der Waals surface area contributed by atoms with Crippen molar-refractivity contribution in [1.29, 1.82) is 0 Å². The van der Waals surface area contributed by atoms with Crippen LogP contribution in [0.15, 0.2) is 30.3 Å². The van der Waals surface area contributed by atoms with Gasteiger partial charge in [-0.2, -0.15) is 0 Å². The largest absolute Gasteiger partial charge is 0.352 e. The number of hydrogen-bond acceptors (Lipinski definition) is 3.